The number of carbonyl (C=O) groups excluding carboxylic acids is 1. The van der Waals surface area contributed by atoms with Crippen LogP contribution in [0.4, 0.5) is 5.82 Å². The number of benzene rings is 1. The summed E-state index contributed by atoms with van der Waals surface area (Å²) in [5.41, 5.74) is 2.18. The van der Waals surface area contributed by atoms with Gasteiger partial charge in [-0.05, 0) is 31.0 Å². The second kappa shape index (κ2) is 7.61. The van der Waals surface area contributed by atoms with Crippen molar-refractivity contribution in [3.8, 4) is 0 Å². The fourth-order valence-electron chi connectivity index (χ4n) is 3.83. The van der Waals surface area contributed by atoms with Gasteiger partial charge in [0.15, 0.2) is 11.5 Å². The molecule has 4 heterocycles. The van der Waals surface area contributed by atoms with Gasteiger partial charge in [-0.3, -0.25) is 4.79 Å². The monoisotopic (exact) mass is 412 g/mol. The summed E-state index contributed by atoms with van der Waals surface area (Å²) in [6.07, 6.45) is 5.27. The molecule has 2 fully saturated rings. The van der Waals surface area contributed by atoms with Crippen molar-refractivity contribution in [2.75, 3.05) is 31.1 Å². The van der Waals surface area contributed by atoms with Crippen molar-refractivity contribution in [3.63, 3.8) is 0 Å². The normalized spacial score (nSPS) is 19.5. The topological polar surface area (TPSA) is 96.0 Å². The van der Waals surface area contributed by atoms with Crippen LogP contribution in [-0.2, 0) is 4.74 Å². The second-order valence-corrected chi connectivity index (χ2v) is 7.90. The molecule has 0 bridgehead atoms. The van der Waals surface area contributed by atoms with Gasteiger partial charge in [0.2, 0.25) is 0 Å². The Hall–Kier alpha value is -2.71. The first-order valence-corrected chi connectivity index (χ1v) is 10.2. The van der Waals surface area contributed by atoms with Crippen LogP contribution >= 0.6 is 11.6 Å². The molecule has 0 aliphatic carbocycles. The number of nitrogens with zero attached hydrogens (tertiary/aromatic N) is 4. The fraction of sp³-hybridized carbons (Fsp3) is 0.400. The highest BCUT2D eigenvalue weighted by Crippen LogP contribution is 2.31. The molecular formula is C20H21ClN6O2. The maximum Gasteiger partial charge on any atom is 0.273 e. The first kappa shape index (κ1) is 18.3. The summed E-state index contributed by atoms with van der Waals surface area (Å²) in [5, 5.41) is 3.60. The molecule has 5 rings (SSSR count). The maximum atomic E-state index is 12.6. The number of hydrogen-bond donors (Lipinski definition) is 2. The van der Waals surface area contributed by atoms with Crippen molar-refractivity contribution in [3.05, 3.63) is 47.1 Å². The second-order valence-electron chi connectivity index (χ2n) is 7.46. The average molecular weight is 413 g/mol. The molecule has 0 saturated carbocycles. The Kier molecular flexibility index (Phi) is 4.81. The number of fused-ring (bicyclic) bond motifs is 1. The standard InChI is InChI=1S/C20H21ClN6O2/c21-13-3-4-15-16(8-13)26-18(25-15)12-10-27(11-12)19-17(22-5-6-23-19)20(28)24-9-14-2-1-7-29-14/h3-6,8,12,14H,1-2,7,9-11H2,(H,24,28)(H,25,26)/t14-/m1/s1. The molecule has 2 saturated heterocycles. The quantitative estimate of drug-likeness (QED) is 0.668. The van der Waals surface area contributed by atoms with Gasteiger partial charge in [0.05, 0.1) is 23.1 Å². The zero-order valence-electron chi connectivity index (χ0n) is 15.8. The average Bonchev–Trinajstić information content (AvgIpc) is 3.34. The molecule has 8 nitrogen and oxygen atoms in total. The number of carbonyl (C=O) groups is 1. The Morgan fingerprint density at radius 1 is 1.31 bits per heavy atom. The first-order chi connectivity index (χ1) is 14.2. The third kappa shape index (κ3) is 3.65. The minimum Gasteiger partial charge on any atom is -0.376 e. The molecule has 0 radical (unpaired) electrons. The first-order valence-electron chi connectivity index (χ1n) is 9.78. The van der Waals surface area contributed by atoms with Gasteiger partial charge in [-0.15, -0.1) is 0 Å². The maximum absolute atomic E-state index is 12.6. The predicted octanol–water partition coefficient (Wildman–Crippen LogP) is 2.52. The SMILES string of the molecule is O=C(NC[C@H]1CCCO1)c1nccnc1N1CC(c2nc3cc(Cl)ccc3[nH]2)C1. The number of anilines is 1. The van der Waals surface area contributed by atoms with E-state index in [1.165, 1.54) is 0 Å². The Morgan fingerprint density at radius 3 is 3.00 bits per heavy atom. The van der Waals surface area contributed by atoms with Crippen LogP contribution in [0, 0.1) is 0 Å². The van der Waals surface area contributed by atoms with Crippen molar-refractivity contribution < 1.29 is 9.53 Å². The molecular weight excluding hydrogens is 392 g/mol. The number of halogens is 1. The summed E-state index contributed by atoms with van der Waals surface area (Å²) in [7, 11) is 0. The molecule has 2 aliphatic rings. The van der Waals surface area contributed by atoms with Gasteiger partial charge in [-0.2, -0.15) is 0 Å². The van der Waals surface area contributed by atoms with Gasteiger partial charge in [-0.25, -0.2) is 15.0 Å². The summed E-state index contributed by atoms with van der Waals surface area (Å²) < 4.78 is 5.56. The fourth-order valence-corrected chi connectivity index (χ4v) is 4.00. The molecule has 29 heavy (non-hydrogen) atoms. The van der Waals surface area contributed by atoms with Crippen LogP contribution in [0.25, 0.3) is 11.0 Å². The molecule has 1 aromatic carbocycles. The molecule has 2 aliphatic heterocycles. The van der Waals surface area contributed by atoms with Gasteiger partial charge < -0.3 is 19.9 Å². The van der Waals surface area contributed by atoms with E-state index < -0.39 is 0 Å². The van der Waals surface area contributed by atoms with Gasteiger partial charge in [0.1, 0.15) is 5.82 Å². The van der Waals surface area contributed by atoms with Crippen LogP contribution in [0.5, 0.6) is 0 Å². The highest BCUT2D eigenvalue weighted by Gasteiger charge is 2.34. The Labute approximate surface area is 172 Å². The third-order valence-electron chi connectivity index (χ3n) is 5.44. The van der Waals surface area contributed by atoms with Crippen LogP contribution in [0.2, 0.25) is 5.02 Å². The zero-order chi connectivity index (χ0) is 19.8. The molecule has 9 heteroatoms. The van der Waals surface area contributed by atoms with Crippen molar-refractivity contribution in [1.82, 2.24) is 25.3 Å². The van der Waals surface area contributed by atoms with Crippen LogP contribution in [0.15, 0.2) is 30.6 Å². The number of aromatic nitrogens is 4. The Balaban J connectivity index is 1.26. The van der Waals surface area contributed by atoms with E-state index in [9.17, 15) is 4.79 Å². The van der Waals surface area contributed by atoms with E-state index in [4.69, 9.17) is 16.3 Å². The molecule has 1 amide bonds. The van der Waals surface area contributed by atoms with Crippen molar-refractivity contribution >= 4 is 34.4 Å². The van der Waals surface area contributed by atoms with E-state index in [0.717, 1.165) is 49.4 Å². The Morgan fingerprint density at radius 2 is 2.17 bits per heavy atom. The predicted molar refractivity (Wildman–Crippen MR) is 109 cm³/mol. The molecule has 150 valence electrons. The van der Waals surface area contributed by atoms with Gasteiger partial charge >= 0.3 is 0 Å². The van der Waals surface area contributed by atoms with E-state index in [0.29, 0.717) is 23.1 Å². The minimum absolute atomic E-state index is 0.0917. The van der Waals surface area contributed by atoms with Gasteiger partial charge in [-0.1, -0.05) is 11.6 Å². The number of imidazole rings is 1. The molecule has 0 unspecified atom stereocenters. The number of H-pyrrole nitrogens is 1. The van der Waals surface area contributed by atoms with E-state index >= 15 is 0 Å². The molecule has 0 spiro atoms. The van der Waals surface area contributed by atoms with Crippen molar-refractivity contribution in [1.29, 1.82) is 0 Å². The number of amides is 1. The number of nitrogens with one attached hydrogen (secondary N) is 2. The van der Waals surface area contributed by atoms with E-state index in [-0.39, 0.29) is 17.9 Å². The molecule has 2 aromatic heterocycles. The molecule has 1 atom stereocenters. The summed E-state index contributed by atoms with van der Waals surface area (Å²) in [6, 6.07) is 5.64. The highest BCUT2D eigenvalue weighted by atomic mass is 35.5. The van der Waals surface area contributed by atoms with Crippen LogP contribution in [0.1, 0.15) is 35.1 Å². The number of rotatable bonds is 5. The van der Waals surface area contributed by atoms with E-state index in [2.05, 4.69) is 30.2 Å². The summed E-state index contributed by atoms with van der Waals surface area (Å²) in [6.45, 7) is 2.70. The molecule has 2 N–H and O–H groups in total. The summed E-state index contributed by atoms with van der Waals surface area (Å²) in [5.74, 6) is 1.55. The van der Waals surface area contributed by atoms with Crippen molar-refractivity contribution in [2.24, 2.45) is 0 Å². The Bertz CT molecular complexity index is 1040. The smallest absolute Gasteiger partial charge is 0.273 e. The van der Waals surface area contributed by atoms with Crippen LogP contribution in [-0.4, -0.2) is 58.2 Å². The highest BCUT2D eigenvalue weighted by molar-refractivity contribution is 6.31. The third-order valence-corrected chi connectivity index (χ3v) is 5.67. The summed E-state index contributed by atoms with van der Waals surface area (Å²) in [4.78, 5) is 31.4. The van der Waals surface area contributed by atoms with Crippen LogP contribution in [0.3, 0.4) is 0 Å². The van der Waals surface area contributed by atoms with Crippen LogP contribution < -0.4 is 10.2 Å². The lowest BCUT2D eigenvalue weighted by Gasteiger charge is -2.39. The summed E-state index contributed by atoms with van der Waals surface area (Å²) >= 11 is 6.05. The van der Waals surface area contributed by atoms with Crippen molar-refractivity contribution in [2.45, 2.75) is 24.9 Å². The molecule has 3 aromatic rings. The minimum atomic E-state index is -0.217. The number of aromatic amines is 1. The van der Waals surface area contributed by atoms with E-state index in [1.807, 2.05) is 18.2 Å². The van der Waals surface area contributed by atoms with E-state index in [1.54, 1.807) is 12.4 Å². The lowest BCUT2D eigenvalue weighted by atomic mass is 9.99. The lowest BCUT2D eigenvalue weighted by molar-refractivity contribution is 0.0853. The number of hydrogen-bond acceptors (Lipinski definition) is 6. The van der Waals surface area contributed by atoms with Gasteiger partial charge in [0, 0.05) is 43.7 Å². The largest absolute Gasteiger partial charge is 0.376 e. The zero-order valence-corrected chi connectivity index (χ0v) is 16.5. The lowest BCUT2D eigenvalue weighted by Crippen LogP contribution is -2.47. The number of ether oxygens (including phenoxy) is 1. The van der Waals surface area contributed by atoms with Gasteiger partial charge in [0.25, 0.3) is 5.91 Å².